The summed E-state index contributed by atoms with van der Waals surface area (Å²) in [6.07, 6.45) is 18.0. The van der Waals surface area contributed by atoms with Crippen molar-refractivity contribution < 1.29 is 32.6 Å². The molecule has 2 unspecified atom stereocenters. The molecule has 8 nitrogen and oxygen atoms in total. The summed E-state index contributed by atoms with van der Waals surface area (Å²) in [5.74, 6) is -0.458. The highest BCUT2D eigenvalue weighted by atomic mass is 31.2. The number of unbranched alkanes of at least 4 members (excludes halogenated alkanes) is 13. The summed E-state index contributed by atoms with van der Waals surface area (Å²) in [6.45, 7) is 4.28. The highest BCUT2D eigenvalue weighted by Crippen LogP contribution is 2.38. The first-order valence-electron chi connectivity index (χ1n) is 14.7. The van der Waals surface area contributed by atoms with E-state index in [9.17, 15) is 19.0 Å². The van der Waals surface area contributed by atoms with E-state index in [1.165, 1.54) is 64.2 Å². The molecule has 0 fully saturated rings. The third-order valence-electron chi connectivity index (χ3n) is 6.42. The fourth-order valence-electron chi connectivity index (χ4n) is 3.94. The van der Waals surface area contributed by atoms with E-state index in [0.717, 1.165) is 25.7 Å². The first kappa shape index (κ1) is 36.2. The monoisotopic (exact) mass is 548 g/mol. The molecule has 0 saturated heterocycles. The lowest BCUT2D eigenvalue weighted by Gasteiger charge is -2.28. The van der Waals surface area contributed by atoms with E-state index < -0.39 is 20.5 Å². The summed E-state index contributed by atoms with van der Waals surface area (Å²) < 4.78 is 22.6. The zero-order chi connectivity index (χ0) is 28.0. The van der Waals surface area contributed by atoms with Gasteiger partial charge in [-0.25, -0.2) is 0 Å². The molecule has 37 heavy (non-hydrogen) atoms. The summed E-state index contributed by atoms with van der Waals surface area (Å²) in [6, 6.07) is -0.981. The Labute approximate surface area is 227 Å². The van der Waals surface area contributed by atoms with E-state index in [0.29, 0.717) is 30.3 Å². The third kappa shape index (κ3) is 24.0. The van der Waals surface area contributed by atoms with Crippen molar-refractivity contribution in [1.29, 1.82) is 0 Å². The van der Waals surface area contributed by atoms with Gasteiger partial charge in [-0.3, -0.25) is 14.2 Å². The van der Waals surface area contributed by atoms with Crippen LogP contribution in [0.5, 0.6) is 0 Å². The van der Waals surface area contributed by atoms with Crippen molar-refractivity contribution in [3.05, 3.63) is 0 Å². The lowest BCUT2D eigenvalue weighted by atomic mass is 10.0. The maximum atomic E-state index is 12.8. The van der Waals surface area contributed by atoms with Crippen molar-refractivity contribution >= 4 is 19.5 Å². The Morgan fingerprint density at radius 1 is 0.757 bits per heavy atom. The smallest absolute Gasteiger partial charge is 0.268 e. The van der Waals surface area contributed by atoms with Gasteiger partial charge in [-0.2, -0.15) is 0 Å². The lowest BCUT2D eigenvalue weighted by Crippen LogP contribution is -2.44. The number of phosphoric acid groups is 1. The largest absolute Gasteiger partial charge is 0.756 e. The van der Waals surface area contributed by atoms with Crippen molar-refractivity contribution in [2.24, 2.45) is 0 Å². The zero-order valence-electron chi connectivity index (χ0n) is 24.6. The molecule has 0 aliphatic rings. The highest BCUT2D eigenvalue weighted by Gasteiger charge is 2.23. The first-order valence-corrected chi connectivity index (χ1v) is 16.2. The normalized spacial score (nSPS) is 14.3. The van der Waals surface area contributed by atoms with Gasteiger partial charge in [0.15, 0.2) is 5.78 Å². The number of phosphoric ester groups is 1. The van der Waals surface area contributed by atoms with Crippen LogP contribution in [0.1, 0.15) is 123 Å². The molecule has 0 rings (SSSR count). The maximum Gasteiger partial charge on any atom is 0.268 e. The summed E-state index contributed by atoms with van der Waals surface area (Å²) in [4.78, 5) is 37.1. The number of carbonyl (C=O) groups excluding carboxylic acids is 2. The molecular formula is C28H57N2O6P. The molecule has 220 valence electrons. The predicted octanol–water partition coefficient (Wildman–Crippen LogP) is 5.92. The number of likely N-dealkylation sites (N-methyl/N-ethyl adjacent to an activating group) is 1. The van der Waals surface area contributed by atoms with Crippen LogP contribution in [0.4, 0.5) is 0 Å². The van der Waals surface area contributed by atoms with Gasteiger partial charge in [0.25, 0.3) is 7.82 Å². The summed E-state index contributed by atoms with van der Waals surface area (Å²) in [5, 5.41) is 2.67. The topological polar surface area (TPSA) is 105 Å². The van der Waals surface area contributed by atoms with Crippen LogP contribution in [0.25, 0.3) is 0 Å². The number of ketones is 1. The Morgan fingerprint density at radius 2 is 1.24 bits per heavy atom. The average Bonchev–Trinajstić information content (AvgIpc) is 2.82. The van der Waals surface area contributed by atoms with E-state index >= 15 is 0 Å². The first-order chi connectivity index (χ1) is 17.5. The summed E-state index contributed by atoms with van der Waals surface area (Å²) >= 11 is 0. The fraction of sp³-hybridized carbons (Fsp3) is 0.929. The van der Waals surface area contributed by atoms with Gasteiger partial charge >= 0.3 is 0 Å². The number of rotatable bonds is 26. The minimum atomic E-state index is -4.56. The molecule has 0 aromatic heterocycles. The quantitative estimate of drug-likeness (QED) is 0.0817. The van der Waals surface area contributed by atoms with Gasteiger partial charge in [-0.15, -0.1) is 0 Å². The van der Waals surface area contributed by atoms with E-state index in [-0.39, 0.29) is 18.3 Å². The van der Waals surface area contributed by atoms with Crippen LogP contribution in [0.15, 0.2) is 0 Å². The Morgan fingerprint density at radius 3 is 1.73 bits per heavy atom. The van der Waals surface area contributed by atoms with Gasteiger partial charge in [0.2, 0.25) is 5.91 Å². The van der Waals surface area contributed by atoms with E-state index in [2.05, 4.69) is 12.2 Å². The fourth-order valence-corrected chi connectivity index (χ4v) is 4.65. The highest BCUT2D eigenvalue weighted by molar-refractivity contribution is 7.45. The summed E-state index contributed by atoms with van der Waals surface area (Å²) in [5.41, 5.74) is 0. The molecule has 0 radical (unpaired) electrons. The van der Waals surface area contributed by atoms with Gasteiger partial charge in [0, 0.05) is 12.8 Å². The van der Waals surface area contributed by atoms with Gasteiger partial charge in [0.05, 0.1) is 27.7 Å². The molecule has 1 N–H and O–H groups in total. The van der Waals surface area contributed by atoms with Crippen LogP contribution in [-0.4, -0.2) is 63.1 Å². The average molecular weight is 549 g/mol. The minimum Gasteiger partial charge on any atom is -0.756 e. The van der Waals surface area contributed by atoms with Crippen LogP contribution in [0, 0.1) is 0 Å². The van der Waals surface area contributed by atoms with E-state index in [4.69, 9.17) is 9.05 Å². The van der Waals surface area contributed by atoms with Crippen LogP contribution < -0.4 is 10.2 Å². The van der Waals surface area contributed by atoms with Crippen LogP contribution in [0.3, 0.4) is 0 Å². The predicted molar refractivity (Wildman–Crippen MR) is 149 cm³/mol. The molecule has 0 spiro atoms. The number of amides is 1. The summed E-state index contributed by atoms with van der Waals surface area (Å²) in [7, 11) is 1.22. The van der Waals surface area contributed by atoms with Crippen molar-refractivity contribution in [1.82, 2.24) is 5.32 Å². The number of hydrogen-bond acceptors (Lipinski definition) is 6. The van der Waals surface area contributed by atoms with Crippen molar-refractivity contribution in [3.8, 4) is 0 Å². The zero-order valence-corrected chi connectivity index (χ0v) is 25.5. The molecule has 0 aliphatic heterocycles. The molecule has 0 bridgehead atoms. The Balaban J connectivity index is 4.32. The molecule has 0 heterocycles. The van der Waals surface area contributed by atoms with Crippen LogP contribution in [0.2, 0.25) is 0 Å². The number of Topliss-reactive ketones (excluding diaryl/α,β-unsaturated/α-hetero) is 1. The number of nitrogens with zero attached hydrogens (tertiary/aromatic N) is 1. The van der Waals surface area contributed by atoms with Crippen LogP contribution >= 0.6 is 7.82 Å². The van der Waals surface area contributed by atoms with Gasteiger partial charge in [0.1, 0.15) is 19.2 Å². The van der Waals surface area contributed by atoms with E-state index in [1.807, 2.05) is 28.1 Å². The van der Waals surface area contributed by atoms with Gasteiger partial charge in [-0.1, -0.05) is 97.3 Å². The number of nitrogens with one attached hydrogen (secondary N) is 1. The second kappa shape index (κ2) is 22.1. The number of carbonyl (C=O) groups is 2. The Hall–Kier alpha value is -0.790. The molecule has 0 aromatic carbocycles. The Kier molecular flexibility index (Phi) is 21.6. The number of quaternary nitrogens is 1. The van der Waals surface area contributed by atoms with Crippen molar-refractivity contribution in [2.45, 2.75) is 129 Å². The molecule has 0 aliphatic carbocycles. The second-order valence-corrected chi connectivity index (χ2v) is 12.7. The van der Waals surface area contributed by atoms with E-state index in [1.54, 1.807) is 0 Å². The van der Waals surface area contributed by atoms with Crippen molar-refractivity contribution in [3.63, 3.8) is 0 Å². The molecule has 1 amide bonds. The molecule has 0 saturated carbocycles. The second-order valence-electron chi connectivity index (χ2n) is 11.3. The molecular weight excluding hydrogens is 491 g/mol. The van der Waals surface area contributed by atoms with Crippen LogP contribution in [-0.2, 0) is 23.2 Å². The lowest BCUT2D eigenvalue weighted by molar-refractivity contribution is -0.870. The number of hydrogen-bond donors (Lipinski definition) is 1. The minimum absolute atomic E-state index is 0.00922. The molecule has 9 heteroatoms. The standard InChI is InChI=1S/C28H57N2O6P/c1-6-8-10-11-12-13-14-15-16-17-18-19-20-21-27(31)26(29-28(32)22-9-7-2)25-36-37(33,34)35-24-23-30(3,4)5/h26H,6-25H2,1-5H3,(H-,29,32,33,34). The Bertz CT molecular complexity index is 639. The van der Waals surface area contributed by atoms with Gasteiger partial charge < -0.3 is 23.7 Å². The maximum absolute atomic E-state index is 12.8. The SMILES string of the molecule is CCCCCCCCCCCCCCCC(=O)C(COP(=O)([O-])OCC[N+](C)(C)C)NC(=O)CCCC. The van der Waals surface area contributed by atoms with Gasteiger partial charge in [-0.05, 0) is 12.8 Å². The molecule has 0 aromatic rings. The van der Waals surface area contributed by atoms with Crippen molar-refractivity contribution in [2.75, 3.05) is 40.9 Å². The third-order valence-corrected chi connectivity index (χ3v) is 7.38. The molecule has 2 atom stereocenters.